The zero-order valence-corrected chi connectivity index (χ0v) is 13.0. The van der Waals surface area contributed by atoms with Gasteiger partial charge in [-0.1, -0.05) is 25.5 Å². The Morgan fingerprint density at radius 2 is 1.91 bits per heavy atom. The topological polar surface area (TPSA) is 49.3 Å². The Morgan fingerprint density at radius 3 is 2.68 bits per heavy atom. The zero-order chi connectivity index (χ0) is 15.4. The monoisotopic (exact) mass is 298 g/mol. The van der Waals surface area contributed by atoms with Crippen molar-refractivity contribution in [3.8, 4) is 0 Å². The number of carbonyl (C=O) groups is 1. The molecule has 5 nitrogen and oxygen atoms in total. The smallest absolute Gasteiger partial charge is 0.222 e. The van der Waals surface area contributed by atoms with E-state index in [4.69, 9.17) is 0 Å². The van der Waals surface area contributed by atoms with E-state index in [0.717, 1.165) is 55.7 Å². The van der Waals surface area contributed by atoms with E-state index in [1.165, 1.54) is 0 Å². The van der Waals surface area contributed by atoms with Crippen LogP contribution in [0.1, 0.15) is 26.2 Å². The molecule has 1 aromatic heterocycles. The van der Waals surface area contributed by atoms with Crippen molar-refractivity contribution in [2.75, 3.05) is 31.1 Å². The molecule has 2 heterocycles. The van der Waals surface area contributed by atoms with Crippen LogP contribution in [-0.2, 0) is 4.79 Å². The standard InChI is InChI=1S/C17H22N4O/c1-2-3-8-16(22)20-9-11-21(12-10-20)17-14-6-4-5-7-15(14)18-13-19-17/h4-7,13H,2-3,8-12H2,1H3. The van der Waals surface area contributed by atoms with E-state index >= 15 is 0 Å². The van der Waals surface area contributed by atoms with E-state index in [1.54, 1.807) is 6.33 Å². The molecule has 0 unspecified atom stereocenters. The van der Waals surface area contributed by atoms with Gasteiger partial charge < -0.3 is 9.80 Å². The summed E-state index contributed by atoms with van der Waals surface area (Å²) >= 11 is 0. The van der Waals surface area contributed by atoms with E-state index in [2.05, 4.69) is 27.9 Å². The van der Waals surface area contributed by atoms with Gasteiger partial charge in [-0.2, -0.15) is 0 Å². The van der Waals surface area contributed by atoms with Gasteiger partial charge in [-0.15, -0.1) is 0 Å². The molecule has 1 fully saturated rings. The second-order valence-electron chi connectivity index (χ2n) is 5.69. The fourth-order valence-electron chi connectivity index (χ4n) is 2.90. The normalized spacial score (nSPS) is 15.3. The number of aromatic nitrogens is 2. The molecule has 1 aromatic carbocycles. The van der Waals surface area contributed by atoms with Crippen molar-refractivity contribution in [2.24, 2.45) is 0 Å². The number of hydrogen-bond donors (Lipinski definition) is 0. The SMILES string of the molecule is CCCCC(=O)N1CCN(c2ncnc3ccccc23)CC1. The highest BCUT2D eigenvalue weighted by molar-refractivity contribution is 5.89. The number of benzene rings is 1. The molecule has 0 saturated carbocycles. The number of nitrogens with zero attached hydrogens (tertiary/aromatic N) is 4. The summed E-state index contributed by atoms with van der Waals surface area (Å²) in [6, 6.07) is 8.07. The summed E-state index contributed by atoms with van der Waals surface area (Å²) in [7, 11) is 0. The number of piperazine rings is 1. The van der Waals surface area contributed by atoms with Crippen molar-refractivity contribution in [3.05, 3.63) is 30.6 Å². The first-order chi connectivity index (χ1) is 10.8. The van der Waals surface area contributed by atoms with Crippen molar-refractivity contribution in [2.45, 2.75) is 26.2 Å². The molecule has 5 heteroatoms. The van der Waals surface area contributed by atoms with Gasteiger partial charge in [0.2, 0.25) is 5.91 Å². The molecule has 3 rings (SSSR count). The van der Waals surface area contributed by atoms with E-state index in [1.807, 2.05) is 23.1 Å². The Bertz CT molecular complexity index is 645. The van der Waals surface area contributed by atoms with E-state index in [0.29, 0.717) is 6.42 Å². The van der Waals surface area contributed by atoms with Gasteiger partial charge in [0.15, 0.2) is 0 Å². The number of unbranched alkanes of at least 4 members (excludes halogenated alkanes) is 1. The van der Waals surface area contributed by atoms with Gasteiger partial charge >= 0.3 is 0 Å². The van der Waals surface area contributed by atoms with E-state index in [-0.39, 0.29) is 5.91 Å². The minimum Gasteiger partial charge on any atom is -0.352 e. The number of para-hydroxylation sites is 1. The van der Waals surface area contributed by atoms with Crippen molar-refractivity contribution >= 4 is 22.6 Å². The molecular formula is C17H22N4O. The number of anilines is 1. The lowest BCUT2D eigenvalue weighted by atomic mass is 10.2. The highest BCUT2D eigenvalue weighted by Crippen LogP contribution is 2.23. The van der Waals surface area contributed by atoms with E-state index < -0.39 is 0 Å². The first-order valence-corrected chi connectivity index (χ1v) is 8.02. The first-order valence-electron chi connectivity index (χ1n) is 8.02. The fraction of sp³-hybridized carbons (Fsp3) is 0.471. The summed E-state index contributed by atoms with van der Waals surface area (Å²) in [5.74, 6) is 1.26. The molecule has 116 valence electrons. The molecule has 1 amide bonds. The Balaban J connectivity index is 1.69. The summed E-state index contributed by atoms with van der Waals surface area (Å²) < 4.78 is 0. The summed E-state index contributed by atoms with van der Waals surface area (Å²) in [6.07, 6.45) is 4.34. The molecule has 0 atom stereocenters. The second-order valence-corrected chi connectivity index (χ2v) is 5.69. The zero-order valence-electron chi connectivity index (χ0n) is 13.0. The minimum absolute atomic E-state index is 0.286. The van der Waals surface area contributed by atoms with Crippen LogP contribution in [-0.4, -0.2) is 47.0 Å². The van der Waals surface area contributed by atoms with Crippen LogP contribution < -0.4 is 4.90 Å². The molecule has 0 spiro atoms. The Morgan fingerprint density at radius 1 is 1.14 bits per heavy atom. The average Bonchev–Trinajstić information content (AvgIpc) is 2.59. The number of carbonyl (C=O) groups excluding carboxylic acids is 1. The molecule has 1 aliphatic rings. The van der Waals surface area contributed by atoms with Crippen molar-refractivity contribution in [3.63, 3.8) is 0 Å². The van der Waals surface area contributed by atoms with Gasteiger partial charge in [-0.05, 0) is 18.6 Å². The Labute approximate surface area is 131 Å². The second kappa shape index (κ2) is 6.73. The predicted octanol–water partition coefficient (Wildman–Crippen LogP) is 2.47. The summed E-state index contributed by atoms with van der Waals surface area (Å²) in [6.45, 7) is 5.34. The molecule has 0 bridgehead atoms. The quantitative estimate of drug-likeness (QED) is 0.870. The average molecular weight is 298 g/mol. The molecule has 1 aliphatic heterocycles. The molecule has 2 aromatic rings. The van der Waals surface area contributed by atoms with Crippen molar-refractivity contribution in [1.82, 2.24) is 14.9 Å². The van der Waals surface area contributed by atoms with Gasteiger partial charge in [0.25, 0.3) is 0 Å². The lowest BCUT2D eigenvalue weighted by Crippen LogP contribution is -2.49. The summed E-state index contributed by atoms with van der Waals surface area (Å²) in [4.78, 5) is 25.1. The number of rotatable bonds is 4. The third-order valence-electron chi connectivity index (χ3n) is 4.20. The van der Waals surface area contributed by atoms with Gasteiger partial charge in [0.05, 0.1) is 5.52 Å². The van der Waals surface area contributed by atoms with Gasteiger partial charge in [-0.25, -0.2) is 9.97 Å². The molecule has 22 heavy (non-hydrogen) atoms. The molecule has 0 radical (unpaired) electrons. The maximum absolute atomic E-state index is 12.1. The third kappa shape index (κ3) is 3.03. The van der Waals surface area contributed by atoms with Crippen LogP contribution in [0.4, 0.5) is 5.82 Å². The van der Waals surface area contributed by atoms with Crippen LogP contribution in [0.25, 0.3) is 10.9 Å². The van der Waals surface area contributed by atoms with Crippen LogP contribution in [0.5, 0.6) is 0 Å². The molecule has 1 saturated heterocycles. The molecule has 0 aliphatic carbocycles. The Kier molecular flexibility index (Phi) is 4.51. The lowest BCUT2D eigenvalue weighted by molar-refractivity contribution is -0.131. The first kappa shape index (κ1) is 14.8. The van der Waals surface area contributed by atoms with Crippen LogP contribution in [0.2, 0.25) is 0 Å². The summed E-state index contributed by atoms with van der Waals surface area (Å²) in [5.41, 5.74) is 0.967. The fourth-order valence-corrected chi connectivity index (χ4v) is 2.90. The number of hydrogen-bond acceptors (Lipinski definition) is 4. The largest absolute Gasteiger partial charge is 0.352 e. The third-order valence-corrected chi connectivity index (χ3v) is 4.20. The van der Waals surface area contributed by atoms with Crippen LogP contribution in [0.15, 0.2) is 30.6 Å². The van der Waals surface area contributed by atoms with Crippen LogP contribution in [0.3, 0.4) is 0 Å². The van der Waals surface area contributed by atoms with Gasteiger partial charge in [0, 0.05) is 38.0 Å². The lowest BCUT2D eigenvalue weighted by Gasteiger charge is -2.35. The van der Waals surface area contributed by atoms with E-state index in [9.17, 15) is 4.79 Å². The highest BCUT2D eigenvalue weighted by Gasteiger charge is 2.22. The Hall–Kier alpha value is -2.17. The minimum atomic E-state index is 0.286. The molecule has 0 N–H and O–H groups in total. The maximum Gasteiger partial charge on any atom is 0.222 e. The van der Waals surface area contributed by atoms with Crippen molar-refractivity contribution in [1.29, 1.82) is 0 Å². The molecular weight excluding hydrogens is 276 g/mol. The summed E-state index contributed by atoms with van der Waals surface area (Å²) in [5, 5.41) is 1.08. The van der Waals surface area contributed by atoms with Crippen LogP contribution >= 0.6 is 0 Å². The van der Waals surface area contributed by atoms with Crippen molar-refractivity contribution < 1.29 is 4.79 Å². The van der Waals surface area contributed by atoms with Crippen LogP contribution in [0, 0.1) is 0 Å². The number of fused-ring (bicyclic) bond motifs is 1. The van der Waals surface area contributed by atoms with Gasteiger partial charge in [0.1, 0.15) is 12.1 Å². The maximum atomic E-state index is 12.1. The highest BCUT2D eigenvalue weighted by atomic mass is 16.2. The van der Waals surface area contributed by atoms with Gasteiger partial charge in [-0.3, -0.25) is 4.79 Å². The number of amides is 1. The predicted molar refractivity (Wildman–Crippen MR) is 87.9 cm³/mol.